The third kappa shape index (κ3) is 1.50. The van der Waals surface area contributed by atoms with Crippen LogP contribution in [0.5, 0.6) is 11.5 Å². The fourth-order valence-corrected chi connectivity index (χ4v) is 1.59. The van der Waals surface area contributed by atoms with Crippen LogP contribution in [0.1, 0.15) is 0 Å². The van der Waals surface area contributed by atoms with Crippen molar-refractivity contribution in [2.45, 2.75) is 4.90 Å². The molecule has 12 heavy (non-hydrogen) atoms. The van der Waals surface area contributed by atoms with Crippen LogP contribution in [0.3, 0.4) is 0 Å². The quantitative estimate of drug-likeness (QED) is 0.629. The molecule has 0 spiro atoms. The Kier molecular flexibility index (Phi) is 1.97. The van der Waals surface area contributed by atoms with Crippen LogP contribution in [-0.2, 0) is 9.84 Å². The van der Waals surface area contributed by atoms with Crippen molar-refractivity contribution in [3.63, 3.8) is 0 Å². The molecule has 0 aromatic heterocycles. The number of hydrogen-bond donors (Lipinski definition) is 2. The highest BCUT2D eigenvalue weighted by atomic mass is 32.2. The summed E-state index contributed by atoms with van der Waals surface area (Å²) in [5.74, 6) is -1.03. The van der Waals surface area contributed by atoms with Gasteiger partial charge in [-0.05, 0) is 12.1 Å². The molecule has 0 aliphatic rings. The van der Waals surface area contributed by atoms with Gasteiger partial charge in [0.1, 0.15) is 4.90 Å². The van der Waals surface area contributed by atoms with Crippen molar-refractivity contribution in [2.24, 2.45) is 0 Å². The molecule has 1 aromatic carbocycles. The molecule has 0 saturated heterocycles. The van der Waals surface area contributed by atoms with Crippen molar-refractivity contribution in [3.05, 3.63) is 18.2 Å². The lowest BCUT2D eigenvalue weighted by Gasteiger charge is -2.02. The van der Waals surface area contributed by atoms with Crippen LogP contribution < -0.4 is 0 Å². The van der Waals surface area contributed by atoms with Gasteiger partial charge in [-0.1, -0.05) is 6.07 Å². The standard InChI is InChI=1S/C7H8O4S/c1-12(10,11)6-4-2-3-5(8)7(6)9/h2-4,8-9H,1H3. The van der Waals surface area contributed by atoms with Gasteiger partial charge in [0.15, 0.2) is 21.3 Å². The van der Waals surface area contributed by atoms with Gasteiger partial charge >= 0.3 is 0 Å². The highest BCUT2D eigenvalue weighted by Crippen LogP contribution is 2.31. The molecule has 1 rings (SSSR count). The van der Waals surface area contributed by atoms with E-state index in [0.29, 0.717) is 0 Å². The van der Waals surface area contributed by atoms with Crippen molar-refractivity contribution >= 4 is 9.84 Å². The summed E-state index contributed by atoms with van der Waals surface area (Å²) < 4.78 is 21.9. The molecule has 2 N–H and O–H groups in total. The van der Waals surface area contributed by atoms with Crippen molar-refractivity contribution < 1.29 is 18.6 Å². The monoisotopic (exact) mass is 188 g/mol. The van der Waals surface area contributed by atoms with E-state index in [0.717, 1.165) is 6.26 Å². The maximum atomic E-state index is 10.9. The number of para-hydroxylation sites is 1. The fourth-order valence-electron chi connectivity index (χ4n) is 0.810. The summed E-state index contributed by atoms with van der Waals surface area (Å²) in [4.78, 5) is -0.262. The van der Waals surface area contributed by atoms with Crippen molar-refractivity contribution in [3.8, 4) is 11.5 Å². The predicted octanol–water partition coefficient (Wildman–Crippen LogP) is 0.501. The molecule has 0 aliphatic carbocycles. The molecule has 0 radical (unpaired) electrons. The Labute approximate surface area is 70.0 Å². The minimum Gasteiger partial charge on any atom is -0.504 e. The van der Waals surface area contributed by atoms with Crippen LogP contribution in [0.2, 0.25) is 0 Å². The molecule has 1 aromatic rings. The molecule has 0 atom stereocenters. The first-order valence-electron chi connectivity index (χ1n) is 3.14. The number of hydrogen-bond acceptors (Lipinski definition) is 4. The lowest BCUT2D eigenvalue weighted by Crippen LogP contribution is -1.96. The Morgan fingerprint density at radius 2 is 1.83 bits per heavy atom. The third-order valence-corrected chi connectivity index (χ3v) is 2.51. The van der Waals surface area contributed by atoms with E-state index >= 15 is 0 Å². The largest absolute Gasteiger partial charge is 0.504 e. The molecule has 0 aliphatic heterocycles. The first-order chi connectivity index (χ1) is 5.43. The highest BCUT2D eigenvalue weighted by Gasteiger charge is 2.14. The van der Waals surface area contributed by atoms with Gasteiger partial charge in [-0.25, -0.2) is 8.42 Å². The number of aromatic hydroxyl groups is 2. The smallest absolute Gasteiger partial charge is 0.179 e. The SMILES string of the molecule is CS(=O)(=O)c1cccc(O)c1O. The summed E-state index contributed by atoms with van der Waals surface area (Å²) in [6, 6.07) is 3.79. The molecule has 0 amide bonds. The number of phenols is 2. The van der Waals surface area contributed by atoms with E-state index in [1.165, 1.54) is 18.2 Å². The maximum Gasteiger partial charge on any atom is 0.179 e. The highest BCUT2D eigenvalue weighted by molar-refractivity contribution is 7.90. The molecule has 0 unspecified atom stereocenters. The molecule has 0 bridgehead atoms. The summed E-state index contributed by atoms with van der Waals surface area (Å²) in [5.41, 5.74) is 0. The summed E-state index contributed by atoms with van der Waals surface area (Å²) in [6.07, 6.45) is 0.960. The summed E-state index contributed by atoms with van der Waals surface area (Å²) in [5, 5.41) is 18.1. The molecule has 4 nitrogen and oxygen atoms in total. The summed E-state index contributed by atoms with van der Waals surface area (Å²) in [7, 11) is -3.47. The van der Waals surface area contributed by atoms with E-state index in [1.54, 1.807) is 0 Å². The van der Waals surface area contributed by atoms with E-state index in [4.69, 9.17) is 10.2 Å². The van der Waals surface area contributed by atoms with Crippen LogP contribution in [0.25, 0.3) is 0 Å². The van der Waals surface area contributed by atoms with Gasteiger partial charge in [0, 0.05) is 6.26 Å². The third-order valence-electron chi connectivity index (χ3n) is 1.38. The molecular formula is C7H8O4S. The summed E-state index contributed by atoms with van der Waals surface area (Å²) >= 11 is 0. The topological polar surface area (TPSA) is 74.6 Å². The zero-order valence-electron chi connectivity index (χ0n) is 6.35. The second-order valence-electron chi connectivity index (χ2n) is 2.40. The Morgan fingerprint density at radius 1 is 1.25 bits per heavy atom. The molecular weight excluding hydrogens is 180 g/mol. The normalized spacial score (nSPS) is 11.4. The minimum absolute atomic E-state index is 0.262. The van der Waals surface area contributed by atoms with E-state index in [-0.39, 0.29) is 4.90 Å². The van der Waals surface area contributed by atoms with Crippen LogP contribution in [0.4, 0.5) is 0 Å². The average Bonchev–Trinajstić information content (AvgIpc) is 1.92. The first-order valence-corrected chi connectivity index (χ1v) is 5.03. The average molecular weight is 188 g/mol. The van der Waals surface area contributed by atoms with Crippen molar-refractivity contribution in [1.29, 1.82) is 0 Å². The van der Waals surface area contributed by atoms with E-state index in [9.17, 15) is 8.42 Å². The Hall–Kier alpha value is -1.23. The van der Waals surface area contributed by atoms with Crippen LogP contribution in [0.15, 0.2) is 23.1 Å². The molecule has 5 heteroatoms. The molecule has 0 saturated carbocycles. The predicted molar refractivity (Wildman–Crippen MR) is 42.9 cm³/mol. The van der Waals surface area contributed by atoms with E-state index in [2.05, 4.69) is 0 Å². The van der Waals surface area contributed by atoms with Crippen LogP contribution >= 0.6 is 0 Å². The lowest BCUT2D eigenvalue weighted by molar-refractivity contribution is 0.393. The van der Waals surface area contributed by atoms with Gasteiger partial charge in [0.25, 0.3) is 0 Å². The lowest BCUT2D eigenvalue weighted by atomic mass is 10.3. The van der Waals surface area contributed by atoms with Crippen molar-refractivity contribution in [1.82, 2.24) is 0 Å². The van der Waals surface area contributed by atoms with Crippen LogP contribution in [0, 0.1) is 0 Å². The van der Waals surface area contributed by atoms with Gasteiger partial charge in [0.2, 0.25) is 0 Å². The number of benzene rings is 1. The van der Waals surface area contributed by atoms with Gasteiger partial charge < -0.3 is 10.2 Å². The fraction of sp³-hybridized carbons (Fsp3) is 0.143. The number of sulfone groups is 1. The zero-order valence-corrected chi connectivity index (χ0v) is 7.17. The molecule has 0 heterocycles. The van der Waals surface area contributed by atoms with E-state index < -0.39 is 21.3 Å². The number of rotatable bonds is 1. The first kappa shape index (κ1) is 8.86. The Bertz CT molecular complexity index is 394. The molecule has 0 fully saturated rings. The van der Waals surface area contributed by atoms with Crippen LogP contribution in [-0.4, -0.2) is 24.9 Å². The van der Waals surface area contributed by atoms with Gasteiger partial charge in [0.05, 0.1) is 0 Å². The minimum atomic E-state index is -3.47. The van der Waals surface area contributed by atoms with Gasteiger partial charge in [-0.2, -0.15) is 0 Å². The maximum absolute atomic E-state index is 10.9. The van der Waals surface area contributed by atoms with Gasteiger partial charge in [-0.15, -0.1) is 0 Å². The zero-order chi connectivity index (χ0) is 9.35. The molecule has 66 valence electrons. The number of phenolic OH excluding ortho intramolecular Hbond substituents is 2. The van der Waals surface area contributed by atoms with Gasteiger partial charge in [-0.3, -0.25) is 0 Å². The van der Waals surface area contributed by atoms with E-state index in [1.807, 2.05) is 0 Å². The van der Waals surface area contributed by atoms with Crippen molar-refractivity contribution in [2.75, 3.05) is 6.26 Å². The summed E-state index contributed by atoms with van der Waals surface area (Å²) in [6.45, 7) is 0. The second kappa shape index (κ2) is 2.67. The Balaban J connectivity index is 3.47. The second-order valence-corrected chi connectivity index (χ2v) is 4.38. The Morgan fingerprint density at radius 3 is 2.25 bits per heavy atom.